The van der Waals surface area contributed by atoms with Gasteiger partial charge in [0.25, 0.3) is 0 Å². The molecule has 0 fully saturated rings. The number of aromatic amines is 2. The molecular weight excluding hydrogens is 454 g/mol. The summed E-state index contributed by atoms with van der Waals surface area (Å²) >= 11 is 0. The van der Waals surface area contributed by atoms with Crippen LogP contribution in [0.25, 0.3) is 56.0 Å². The minimum Gasteiger partial charge on any atom is -0.336 e. The van der Waals surface area contributed by atoms with Crippen LogP contribution in [0.4, 0.5) is 5.69 Å². The molecule has 0 atom stereocenters. The Labute approximate surface area is 205 Å². The maximum Gasteiger partial charge on any atom is 0.226 e. The topological polar surface area (TPSA) is 138 Å². The van der Waals surface area contributed by atoms with E-state index in [0.29, 0.717) is 22.9 Å². The minimum atomic E-state index is -0.130. The van der Waals surface area contributed by atoms with Crippen molar-refractivity contribution in [3.05, 3.63) is 67.5 Å². The van der Waals surface area contributed by atoms with Gasteiger partial charge < -0.3 is 10.3 Å². The van der Waals surface area contributed by atoms with Crippen LogP contribution in [0, 0.1) is 5.92 Å². The van der Waals surface area contributed by atoms with E-state index in [1.165, 1.54) is 0 Å². The largest absolute Gasteiger partial charge is 0.336 e. The number of amides is 1. The number of carbonyl (C=O) groups is 1. The zero-order chi connectivity index (χ0) is 24.6. The van der Waals surface area contributed by atoms with Crippen molar-refractivity contribution in [1.29, 1.82) is 0 Å². The third kappa shape index (κ3) is 3.84. The molecular formula is C26H21N9O. The number of hydrogen-bond donors (Lipinski definition) is 3. The first-order chi connectivity index (χ1) is 17.6. The number of fused-ring (bicyclic) bond motifs is 2. The zero-order valence-corrected chi connectivity index (χ0v) is 19.5. The molecule has 3 N–H and O–H groups in total. The molecule has 0 aromatic carbocycles. The summed E-state index contributed by atoms with van der Waals surface area (Å²) in [7, 11) is 0. The summed E-state index contributed by atoms with van der Waals surface area (Å²) < 4.78 is 0. The predicted octanol–water partition coefficient (Wildman–Crippen LogP) is 4.61. The third-order valence-corrected chi connectivity index (χ3v) is 5.85. The number of anilines is 1. The summed E-state index contributed by atoms with van der Waals surface area (Å²) in [6.07, 6.45) is 10.3. The van der Waals surface area contributed by atoms with Crippen molar-refractivity contribution < 1.29 is 4.79 Å². The minimum absolute atomic E-state index is 0.0695. The second-order valence-electron chi connectivity index (χ2n) is 8.67. The van der Waals surface area contributed by atoms with Crippen LogP contribution in [0.1, 0.15) is 13.8 Å². The average Bonchev–Trinajstić information content (AvgIpc) is 3.53. The molecule has 0 aliphatic heterocycles. The second-order valence-corrected chi connectivity index (χ2v) is 8.67. The Hall–Kier alpha value is -4.99. The number of rotatable bonds is 5. The van der Waals surface area contributed by atoms with Gasteiger partial charge in [-0.05, 0) is 30.3 Å². The first kappa shape index (κ1) is 21.5. The molecule has 0 spiro atoms. The van der Waals surface area contributed by atoms with Crippen molar-refractivity contribution >= 4 is 33.5 Å². The molecule has 0 aliphatic rings. The highest BCUT2D eigenvalue weighted by Crippen LogP contribution is 2.31. The summed E-state index contributed by atoms with van der Waals surface area (Å²) in [6, 6.07) is 9.50. The number of imidazole rings is 1. The fourth-order valence-electron chi connectivity index (χ4n) is 3.96. The predicted molar refractivity (Wildman–Crippen MR) is 137 cm³/mol. The second kappa shape index (κ2) is 8.66. The van der Waals surface area contributed by atoms with Crippen molar-refractivity contribution in [2.45, 2.75) is 13.8 Å². The Balaban J connectivity index is 1.41. The number of H-pyrrole nitrogens is 2. The van der Waals surface area contributed by atoms with E-state index in [2.05, 4.69) is 40.4 Å². The van der Waals surface area contributed by atoms with Gasteiger partial charge in [0.2, 0.25) is 5.91 Å². The summed E-state index contributed by atoms with van der Waals surface area (Å²) in [5.41, 5.74) is 6.86. The van der Waals surface area contributed by atoms with Gasteiger partial charge in [0.1, 0.15) is 11.2 Å². The molecule has 176 valence electrons. The van der Waals surface area contributed by atoms with E-state index in [9.17, 15) is 4.79 Å². The molecule has 1 amide bonds. The summed E-state index contributed by atoms with van der Waals surface area (Å²) in [5, 5.41) is 11.3. The summed E-state index contributed by atoms with van der Waals surface area (Å²) in [4.78, 5) is 37.8. The first-order valence-corrected chi connectivity index (χ1v) is 11.4. The molecule has 6 aromatic heterocycles. The smallest absolute Gasteiger partial charge is 0.226 e. The molecule has 6 rings (SSSR count). The number of pyridine rings is 4. The number of hydrogen-bond acceptors (Lipinski definition) is 7. The van der Waals surface area contributed by atoms with Gasteiger partial charge in [0.05, 0.1) is 40.5 Å². The van der Waals surface area contributed by atoms with Gasteiger partial charge in [-0.1, -0.05) is 13.8 Å². The van der Waals surface area contributed by atoms with E-state index in [0.717, 1.165) is 38.8 Å². The van der Waals surface area contributed by atoms with Crippen molar-refractivity contribution in [1.82, 2.24) is 40.1 Å². The molecule has 0 aliphatic carbocycles. The third-order valence-electron chi connectivity index (χ3n) is 5.85. The lowest BCUT2D eigenvalue weighted by Crippen LogP contribution is -2.17. The number of nitrogens with zero attached hydrogens (tertiary/aromatic N) is 6. The Morgan fingerprint density at radius 2 is 1.75 bits per heavy atom. The van der Waals surface area contributed by atoms with Crippen LogP contribution in [0.2, 0.25) is 0 Å². The van der Waals surface area contributed by atoms with Crippen LogP contribution in [0.3, 0.4) is 0 Å². The van der Waals surface area contributed by atoms with E-state index < -0.39 is 0 Å². The van der Waals surface area contributed by atoms with Gasteiger partial charge in [-0.2, -0.15) is 5.10 Å². The van der Waals surface area contributed by atoms with Gasteiger partial charge in [0, 0.05) is 47.2 Å². The van der Waals surface area contributed by atoms with Gasteiger partial charge in [-0.25, -0.2) is 4.98 Å². The number of carbonyl (C=O) groups excluding carboxylic acids is 1. The first-order valence-electron chi connectivity index (χ1n) is 11.4. The fourth-order valence-corrected chi connectivity index (χ4v) is 3.96. The van der Waals surface area contributed by atoms with Crippen LogP contribution in [-0.4, -0.2) is 46.0 Å². The van der Waals surface area contributed by atoms with Crippen LogP contribution in [0.15, 0.2) is 67.5 Å². The standard InChI is InChI=1S/C26H21N9O/c1-14(2)26(36)31-17-9-16(11-28-12-17)20-10-18-21(13-30-20)34-35-23(18)25-32-19-5-8-29-22(24(19)33-25)15-3-6-27-7-4-15/h3-14H,1-2H3,(H,31,36)(H,32,33)(H,34,35). The van der Waals surface area contributed by atoms with Crippen LogP contribution in [0.5, 0.6) is 0 Å². The monoisotopic (exact) mass is 475 g/mol. The van der Waals surface area contributed by atoms with Gasteiger partial charge in [-0.3, -0.25) is 29.8 Å². The molecule has 0 saturated heterocycles. The average molecular weight is 476 g/mol. The van der Waals surface area contributed by atoms with Crippen LogP contribution >= 0.6 is 0 Å². The Morgan fingerprint density at radius 1 is 0.889 bits per heavy atom. The molecule has 36 heavy (non-hydrogen) atoms. The lowest BCUT2D eigenvalue weighted by molar-refractivity contribution is -0.118. The Morgan fingerprint density at radius 3 is 2.58 bits per heavy atom. The Kier molecular flexibility index (Phi) is 5.18. The molecule has 6 heterocycles. The van der Waals surface area contributed by atoms with E-state index in [1.807, 2.05) is 44.2 Å². The highest BCUT2D eigenvalue weighted by atomic mass is 16.1. The normalized spacial score (nSPS) is 11.4. The number of aromatic nitrogens is 8. The van der Waals surface area contributed by atoms with Crippen molar-refractivity contribution in [2.75, 3.05) is 5.32 Å². The summed E-state index contributed by atoms with van der Waals surface area (Å²) in [5.74, 6) is 0.419. The quantitative estimate of drug-likeness (QED) is 0.331. The van der Waals surface area contributed by atoms with Crippen molar-refractivity contribution in [3.63, 3.8) is 0 Å². The Bertz CT molecular complexity index is 1720. The maximum absolute atomic E-state index is 12.1. The molecule has 0 saturated carbocycles. The molecule has 0 unspecified atom stereocenters. The fraction of sp³-hybridized carbons (Fsp3) is 0.115. The number of nitrogens with one attached hydrogen (secondary N) is 3. The molecule has 10 nitrogen and oxygen atoms in total. The van der Waals surface area contributed by atoms with Crippen LogP contribution < -0.4 is 5.32 Å². The van der Waals surface area contributed by atoms with E-state index in [-0.39, 0.29) is 11.8 Å². The lowest BCUT2D eigenvalue weighted by atomic mass is 10.1. The highest BCUT2D eigenvalue weighted by Gasteiger charge is 2.17. The van der Waals surface area contributed by atoms with Gasteiger partial charge >= 0.3 is 0 Å². The van der Waals surface area contributed by atoms with Gasteiger partial charge in [-0.15, -0.1) is 0 Å². The van der Waals surface area contributed by atoms with Crippen molar-refractivity contribution in [3.8, 4) is 34.0 Å². The molecule has 10 heteroatoms. The van der Waals surface area contributed by atoms with Gasteiger partial charge in [0.15, 0.2) is 5.82 Å². The molecule has 0 radical (unpaired) electrons. The SMILES string of the molecule is CC(C)C(=O)Nc1cncc(-c2cc3c(-c4nc5c(-c6ccncc6)nccc5[nH]4)n[nH]c3cn2)c1. The van der Waals surface area contributed by atoms with E-state index in [1.54, 1.807) is 37.2 Å². The maximum atomic E-state index is 12.1. The van der Waals surface area contributed by atoms with E-state index >= 15 is 0 Å². The van der Waals surface area contributed by atoms with E-state index in [4.69, 9.17) is 4.98 Å². The van der Waals surface area contributed by atoms with Crippen LogP contribution in [-0.2, 0) is 4.79 Å². The molecule has 0 bridgehead atoms. The zero-order valence-electron chi connectivity index (χ0n) is 19.5. The summed E-state index contributed by atoms with van der Waals surface area (Å²) in [6.45, 7) is 3.69. The van der Waals surface area contributed by atoms with Crippen molar-refractivity contribution in [2.24, 2.45) is 5.92 Å². The lowest BCUT2D eigenvalue weighted by Gasteiger charge is -2.08. The molecule has 6 aromatic rings. The highest BCUT2D eigenvalue weighted by molar-refractivity contribution is 5.97.